The highest BCUT2D eigenvalue weighted by Gasteiger charge is 2.27. The van der Waals surface area contributed by atoms with Crippen LogP contribution in [-0.2, 0) is 17.7 Å². The number of benzene rings is 1. The molecule has 6 nitrogen and oxygen atoms in total. The molecule has 1 aromatic heterocycles. The molecule has 1 aromatic carbocycles. The van der Waals surface area contributed by atoms with Gasteiger partial charge in [-0.15, -0.1) is 0 Å². The fourth-order valence-corrected chi connectivity index (χ4v) is 3.47. The molecule has 2 heterocycles. The van der Waals surface area contributed by atoms with Gasteiger partial charge in [0.15, 0.2) is 11.5 Å². The summed E-state index contributed by atoms with van der Waals surface area (Å²) in [5.74, 6) is 2.37. The lowest BCUT2D eigenvalue weighted by Crippen LogP contribution is -2.23. The highest BCUT2D eigenvalue weighted by atomic mass is 16.5. The number of aromatic nitrogens is 2. The quantitative estimate of drug-likeness (QED) is 0.724. The molecule has 1 fully saturated rings. The van der Waals surface area contributed by atoms with Gasteiger partial charge in [0, 0.05) is 44.1 Å². The van der Waals surface area contributed by atoms with Crippen LogP contribution in [0.3, 0.4) is 0 Å². The number of ether oxygens (including phenoxy) is 3. The van der Waals surface area contributed by atoms with Gasteiger partial charge in [0.2, 0.25) is 0 Å². The minimum absolute atomic E-state index is 0.378. The standard InChI is InChI=1S/C20H27N3O3/c1-24-10-8-20-21-12-15(13-22-20)14-23-9-4-5-17(23)16-6-7-18(25-2)19(11-16)26-3/h6-7,11-13,17H,4-5,8-10,14H2,1-3H3. The van der Waals surface area contributed by atoms with E-state index in [1.54, 1.807) is 21.3 Å². The van der Waals surface area contributed by atoms with Gasteiger partial charge in [0.1, 0.15) is 5.82 Å². The lowest BCUT2D eigenvalue weighted by molar-refractivity contribution is 0.200. The van der Waals surface area contributed by atoms with Crippen molar-refractivity contribution >= 4 is 0 Å². The van der Waals surface area contributed by atoms with Crippen LogP contribution in [0.5, 0.6) is 11.5 Å². The minimum atomic E-state index is 0.378. The van der Waals surface area contributed by atoms with E-state index >= 15 is 0 Å². The molecule has 0 amide bonds. The van der Waals surface area contributed by atoms with E-state index in [0.717, 1.165) is 48.8 Å². The smallest absolute Gasteiger partial charge is 0.161 e. The fraction of sp³-hybridized carbons (Fsp3) is 0.500. The normalized spacial score (nSPS) is 17.4. The van der Waals surface area contributed by atoms with Crippen LogP contribution in [-0.4, -0.2) is 49.3 Å². The molecular weight excluding hydrogens is 330 g/mol. The van der Waals surface area contributed by atoms with E-state index in [2.05, 4.69) is 27.0 Å². The van der Waals surface area contributed by atoms with Crippen molar-refractivity contribution in [3.63, 3.8) is 0 Å². The molecule has 0 bridgehead atoms. The van der Waals surface area contributed by atoms with E-state index in [1.807, 2.05) is 18.5 Å². The maximum absolute atomic E-state index is 5.46. The van der Waals surface area contributed by atoms with Crippen LogP contribution in [0.4, 0.5) is 0 Å². The van der Waals surface area contributed by atoms with Gasteiger partial charge >= 0.3 is 0 Å². The minimum Gasteiger partial charge on any atom is -0.493 e. The number of hydrogen-bond acceptors (Lipinski definition) is 6. The molecule has 1 saturated heterocycles. The van der Waals surface area contributed by atoms with Crippen molar-refractivity contribution in [1.82, 2.24) is 14.9 Å². The maximum Gasteiger partial charge on any atom is 0.161 e. The molecule has 6 heteroatoms. The Kier molecular flexibility index (Phi) is 6.41. The molecule has 1 aliphatic rings. The monoisotopic (exact) mass is 357 g/mol. The Morgan fingerprint density at radius 3 is 2.54 bits per heavy atom. The summed E-state index contributed by atoms with van der Waals surface area (Å²) < 4.78 is 15.9. The topological polar surface area (TPSA) is 56.7 Å². The van der Waals surface area contributed by atoms with Crippen LogP contribution in [0, 0.1) is 0 Å². The van der Waals surface area contributed by atoms with Gasteiger partial charge in [-0.05, 0) is 37.1 Å². The Labute approximate surface area is 155 Å². The van der Waals surface area contributed by atoms with Gasteiger partial charge in [0.25, 0.3) is 0 Å². The molecule has 0 N–H and O–H groups in total. The lowest BCUT2D eigenvalue weighted by atomic mass is 10.0. The summed E-state index contributed by atoms with van der Waals surface area (Å²) in [5, 5.41) is 0. The van der Waals surface area contributed by atoms with Crippen molar-refractivity contribution in [3.05, 3.63) is 47.5 Å². The number of methoxy groups -OCH3 is 3. The van der Waals surface area contributed by atoms with Crippen LogP contribution in [0.1, 0.15) is 35.8 Å². The highest BCUT2D eigenvalue weighted by Crippen LogP contribution is 2.37. The summed E-state index contributed by atoms with van der Waals surface area (Å²) in [6, 6.07) is 6.59. The Morgan fingerprint density at radius 1 is 1.08 bits per heavy atom. The predicted molar refractivity (Wildman–Crippen MR) is 99.5 cm³/mol. The van der Waals surface area contributed by atoms with Crippen LogP contribution in [0.25, 0.3) is 0 Å². The van der Waals surface area contributed by atoms with E-state index in [4.69, 9.17) is 14.2 Å². The number of likely N-dealkylation sites (tertiary alicyclic amines) is 1. The summed E-state index contributed by atoms with van der Waals surface area (Å²) in [6.45, 7) is 2.57. The van der Waals surface area contributed by atoms with Crippen molar-refractivity contribution in [2.75, 3.05) is 34.5 Å². The Hall–Kier alpha value is -2.18. The molecule has 0 spiro atoms. The zero-order chi connectivity index (χ0) is 18.4. The summed E-state index contributed by atoms with van der Waals surface area (Å²) in [5.41, 5.74) is 2.40. The number of hydrogen-bond donors (Lipinski definition) is 0. The van der Waals surface area contributed by atoms with Gasteiger partial charge in [-0.1, -0.05) is 6.07 Å². The molecule has 2 aromatic rings. The van der Waals surface area contributed by atoms with Crippen LogP contribution in [0.15, 0.2) is 30.6 Å². The molecule has 1 aliphatic heterocycles. The average Bonchev–Trinajstić information content (AvgIpc) is 3.15. The van der Waals surface area contributed by atoms with E-state index in [9.17, 15) is 0 Å². The fourth-order valence-electron chi connectivity index (χ4n) is 3.47. The first-order valence-electron chi connectivity index (χ1n) is 9.00. The Bertz CT molecular complexity index is 706. The third-order valence-corrected chi connectivity index (χ3v) is 4.83. The number of nitrogens with zero attached hydrogens (tertiary/aromatic N) is 3. The van der Waals surface area contributed by atoms with Crippen molar-refractivity contribution in [3.8, 4) is 11.5 Å². The van der Waals surface area contributed by atoms with Crippen molar-refractivity contribution in [2.24, 2.45) is 0 Å². The first-order valence-corrected chi connectivity index (χ1v) is 9.00. The molecule has 26 heavy (non-hydrogen) atoms. The van der Waals surface area contributed by atoms with Crippen LogP contribution >= 0.6 is 0 Å². The van der Waals surface area contributed by atoms with Crippen molar-refractivity contribution in [1.29, 1.82) is 0 Å². The first-order chi connectivity index (χ1) is 12.7. The zero-order valence-corrected chi connectivity index (χ0v) is 15.8. The molecule has 140 valence electrons. The lowest BCUT2D eigenvalue weighted by Gasteiger charge is -2.25. The second-order valence-electron chi connectivity index (χ2n) is 6.49. The zero-order valence-electron chi connectivity index (χ0n) is 15.8. The molecule has 3 rings (SSSR count). The van der Waals surface area contributed by atoms with Gasteiger partial charge < -0.3 is 14.2 Å². The Morgan fingerprint density at radius 2 is 1.85 bits per heavy atom. The first kappa shape index (κ1) is 18.6. The summed E-state index contributed by atoms with van der Waals surface area (Å²) >= 11 is 0. The average molecular weight is 357 g/mol. The third-order valence-electron chi connectivity index (χ3n) is 4.83. The van der Waals surface area contributed by atoms with E-state index in [0.29, 0.717) is 12.6 Å². The van der Waals surface area contributed by atoms with Crippen LogP contribution in [0.2, 0.25) is 0 Å². The molecule has 0 radical (unpaired) electrons. The predicted octanol–water partition coefficient (Wildman–Crippen LogP) is 3.02. The van der Waals surface area contributed by atoms with Crippen LogP contribution < -0.4 is 9.47 Å². The van der Waals surface area contributed by atoms with Gasteiger partial charge in [-0.3, -0.25) is 4.90 Å². The molecule has 0 saturated carbocycles. The molecular formula is C20H27N3O3. The van der Waals surface area contributed by atoms with Gasteiger partial charge in [0.05, 0.1) is 20.8 Å². The van der Waals surface area contributed by atoms with E-state index in [1.165, 1.54) is 12.0 Å². The van der Waals surface area contributed by atoms with Gasteiger partial charge in [-0.25, -0.2) is 9.97 Å². The van der Waals surface area contributed by atoms with E-state index < -0.39 is 0 Å². The second kappa shape index (κ2) is 8.96. The summed E-state index contributed by atoms with van der Waals surface area (Å²) in [7, 11) is 5.03. The van der Waals surface area contributed by atoms with Gasteiger partial charge in [-0.2, -0.15) is 0 Å². The highest BCUT2D eigenvalue weighted by molar-refractivity contribution is 5.44. The van der Waals surface area contributed by atoms with Crippen molar-refractivity contribution < 1.29 is 14.2 Å². The maximum atomic E-state index is 5.46. The number of rotatable bonds is 8. The van der Waals surface area contributed by atoms with Crippen molar-refractivity contribution in [2.45, 2.75) is 31.8 Å². The SMILES string of the molecule is COCCc1ncc(CN2CCCC2c2ccc(OC)c(OC)c2)cn1. The molecule has 0 aliphatic carbocycles. The third kappa shape index (κ3) is 4.31. The second-order valence-corrected chi connectivity index (χ2v) is 6.49. The largest absolute Gasteiger partial charge is 0.493 e. The Balaban J connectivity index is 1.70. The van der Waals surface area contributed by atoms with E-state index in [-0.39, 0.29) is 0 Å². The molecule has 1 unspecified atom stereocenters. The molecule has 1 atom stereocenters. The summed E-state index contributed by atoms with van der Waals surface area (Å²) in [6.07, 6.45) is 6.94. The summed E-state index contributed by atoms with van der Waals surface area (Å²) in [4.78, 5) is 11.4.